The molecule has 0 aromatic heterocycles. The molecular formula is C10H15FN2. The Morgan fingerprint density at radius 1 is 1.62 bits per heavy atom. The minimum atomic E-state index is -0.320. The van der Waals surface area contributed by atoms with E-state index in [9.17, 15) is 4.39 Å². The Labute approximate surface area is 78.6 Å². The molecule has 0 fully saturated rings. The minimum absolute atomic E-state index is 0.320. The maximum absolute atomic E-state index is 12.2. The Hall–Kier alpha value is -1.38. The van der Waals surface area contributed by atoms with Crippen molar-refractivity contribution in [1.29, 1.82) is 0 Å². The van der Waals surface area contributed by atoms with Gasteiger partial charge < -0.3 is 5.32 Å². The summed E-state index contributed by atoms with van der Waals surface area (Å²) in [5.41, 5.74) is 0.766. The third-order valence-electron chi connectivity index (χ3n) is 1.18. The molecule has 1 aliphatic heterocycles. The lowest BCUT2D eigenvalue weighted by Gasteiger charge is -1.94. The number of rotatable bonds is 1. The van der Waals surface area contributed by atoms with Crippen molar-refractivity contribution < 1.29 is 4.39 Å². The van der Waals surface area contributed by atoms with Crippen molar-refractivity contribution in [2.24, 2.45) is 4.99 Å². The number of nitrogens with one attached hydrogen (secondary N) is 1. The van der Waals surface area contributed by atoms with E-state index in [-0.39, 0.29) is 5.83 Å². The summed E-state index contributed by atoms with van der Waals surface area (Å²) < 4.78 is 12.2. The van der Waals surface area contributed by atoms with Crippen molar-refractivity contribution in [1.82, 2.24) is 5.32 Å². The molecule has 0 aliphatic carbocycles. The predicted octanol–water partition coefficient (Wildman–Crippen LogP) is 2.92. The molecule has 13 heavy (non-hydrogen) atoms. The van der Waals surface area contributed by atoms with Crippen LogP contribution in [0, 0.1) is 0 Å². The first kappa shape index (κ1) is 11.6. The van der Waals surface area contributed by atoms with Crippen LogP contribution in [0.5, 0.6) is 0 Å². The second-order valence-corrected chi connectivity index (χ2v) is 2.20. The highest BCUT2D eigenvalue weighted by Crippen LogP contribution is 2.03. The molecule has 0 saturated carbocycles. The third-order valence-corrected chi connectivity index (χ3v) is 1.18. The van der Waals surface area contributed by atoms with Gasteiger partial charge in [0.25, 0.3) is 0 Å². The first-order chi connectivity index (χ1) is 6.20. The highest BCUT2D eigenvalue weighted by Gasteiger charge is 2.03. The second-order valence-electron chi connectivity index (χ2n) is 2.20. The summed E-state index contributed by atoms with van der Waals surface area (Å²) in [6.45, 7) is 9.02. The summed E-state index contributed by atoms with van der Waals surface area (Å²) >= 11 is 0. The molecule has 0 atom stereocenters. The lowest BCUT2D eigenvalue weighted by atomic mass is 10.3. The topological polar surface area (TPSA) is 24.4 Å². The van der Waals surface area contributed by atoms with Gasteiger partial charge in [-0.3, -0.25) is 0 Å². The monoisotopic (exact) mass is 182 g/mol. The second kappa shape index (κ2) is 6.17. The molecule has 0 aromatic carbocycles. The molecule has 2 nitrogen and oxygen atoms in total. The zero-order valence-electron chi connectivity index (χ0n) is 8.26. The molecule has 72 valence electrons. The zero-order valence-corrected chi connectivity index (χ0v) is 8.26. The maximum atomic E-state index is 12.2. The van der Waals surface area contributed by atoms with Crippen molar-refractivity contribution in [3.05, 3.63) is 36.5 Å². The predicted molar refractivity (Wildman–Crippen MR) is 55.1 cm³/mol. The first-order valence-electron chi connectivity index (χ1n) is 4.22. The average molecular weight is 182 g/mol. The van der Waals surface area contributed by atoms with E-state index in [1.165, 1.54) is 6.92 Å². The van der Waals surface area contributed by atoms with Crippen molar-refractivity contribution in [2.45, 2.75) is 20.8 Å². The Morgan fingerprint density at radius 3 is 2.62 bits per heavy atom. The molecule has 0 radical (unpaired) electrons. The molecule has 1 heterocycles. The lowest BCUT2D eigenvalue weighted by molar-refractivity contribution is 0.637. The highest BCUT2D eigenvalue weighted by molar-refractivity contribution is 6.03. The highest BCUT2D eigenvalue weighted by atomic mass is 19.1. The quantitative estimate of drug-likeness (QED) is 0.662. The van der Waals surface area contributed by atoms with Gasteiger partial charge >= 0.3 is 0 Å². The SMILES string of the molecule is C=C1C=CNC1=N/C=C(\C)F.CC. The number of halogens is 1. The summed E-state index contributed by atoms with van der Waals surface area (Å²) in [5.74, 6) is 0.279. The number of allylic oxidation sites excluding steroid dienone is 1. The summed E-state index contributed by atoms with van der Waals surface area (Å²) in [7, 11) is 0. The van der Waals surface area contributed by atoms with Gasteiger partial charge in [0, 0.05) is 11.8 Å². The van der Waals surface area contributed by atoms with Crippen LogP contribution in [0.3, 0.4) is 0 Å². The molecule has 0 bridgehead atoms. The van der Waals surface area contributed by atoms with E-state index in [0.717, 1.165) is 11.8 Å². The largest absolute Gasteiger partial charge is 0.346 e. The molecule has 3 heteroatoms. The van der Waals surface area contributed by atoms with Gasteiger partial charge in [0.2, 0.25) is 0 Å². The van der Waals surface area contributed by atoms with Crippen molar-refractivity contribution in [3.63, 3.8) is 0 Å². The van der Waals surface area contributed by atoms with Crippen LogP contribution in [0.4, 0.5) is 4.39 Å². The number of aliphatic imine (C=N–C) groups is 1. The molecule has 0 unspecified atom stereocenters. The van der Waals surface area contributed by atoms with Crippen molar-refractivity contribution in [2.75, 3.05) is 0 Å². The van der Waals surface area contributed by atoms with Gasteiger partial charge in [-0.05, 0) is 13.0 Å². The number of hydrogen-bond donors (Lipinski definition) is 1. The lowest BCUT2D eigenvalue weighted by Crippen LogP contribution is -2.11. The molecule has 0 amide bonds. The van der Waals surface area contributed by atoms with E-state index in [1.807, 2.05) is 13.8 Å². The van der Waals surface area contributed by atoms with Crippen LogP contribution in [0.1, 0.15) is 20.8 Å². The van der Waals surface area contributed by atoms with E-state index < -0.39 is 0 Å². The molecular weight excluding hydrogens is 167 g/mol. The van der Waals surface area contributed by atoms with Gasteiger partial charge in [-0.1, -0.05) is 20.4 Å². The number of nitrogens with zero attached hydrogens (tertiary/aromatic N) is 1. The zero-order chi connectivity index (χ0) is 10.3. The Kier molecular flexibility index (Phi) is 5.52. The van der Waals surface area contributed by atoms with Gasteiger partial charge in [0.05, 0.1) is 6.20 Å². The molecule has 0 aromatic rings. The average Bonchev–Trinajstić information content (AvgIpc) is 2.51. The van der Waals surface area contributed by atoms with Gasteiger partial charge in [0.15, 0.2) is 0 Å². The van der Waals surface area contributed by atoms with Crippen molar-refractivity contribution >= 4 is 5.84 Å². The van der Waals surface area contributed by atoms with Crippen LogP contribution in [0.15, 0.2) is 41.4 Å². The van der Waals surface area contributed by atoms with Crippen LogP contribution < -0.4 is 5.32 Å². The van der Waals surface area contributed by atoms with E-state index >= 15 is 0 Å². The Morgan fingerprint density at radius 2 is 2.23 bits per heavy atom. The molecule has 1 rings (SSSR count). The standard InChI is InChI=1S/C8H9FN2.C2H6/c1-6-3-4-10-8(6)11-5-7(2)9;1-2/h3-5H,1H2,2H3,(H,10,11);1-2H3/b7-5+;. The number of hydrogen-bond acceptors (Lipinski definition) is 1. The molecule has 1 aliphatic rings. The van der Waals surface area contributed by atoms with E-state index in [4.69, 9.17) is 0 Å². The minimum Gasteiger partial charge on any atom is -0.346 e. The smallest absolute Gasteiger partial charge is 0.136 e. The van der Waals surface area contributed by atoms with Gasteiger partial charge in [0.1, 0.15) is 11.7 Å². The first-order valence-corrected chi connectivity index (χ1v) is 4.22. The Bertz CT molecular complexity index is 258. The molecule has 1 N–H and O–H groups in total. The molecule has 0 spiro atoms. The fraction of sp³-hybridized carbons (Fsp3) is 0.300. The molecule has 0 saturated heterocycles. The maximum Gasteiger partial charge on any atom is 0.136 e. The van der Waals surface area contributed by atoms with Gasteiger partial charge in [-0.15, -0.1) is 0 Å². The summed E-state index contributed by atoms with van der Waals surface area (Å²) in [4.78, 5) is 3.81. The fourth-order valence-electron chi connectivity index (χ4n) is 0.667. The van der Waals surface area contributed by atoms with Gasteiger partial charge in [-0.2, -0.15) is 0 Å². The van der Waals surface area contributed by atoms with Gasteiger partial charge in [-0.25, -0.2) is 9.38 Å². The Balaban J connectivity index is 0.000000671. The summed E-state index contributed by atoms with van der Waals surface area (Å²) in [6, 6.07) is 0. The van der Waals surface area contributed by atoms with Crippen LogP contribution in [-0.4, -0.2) is 5.84 Å². The van der Waals surface area contributed by atoms with Crippen LogP contribution >= 0.6 is 0 Å². The van der Waals surface area contributed by atoms with Crippen LogP contribution in [-0.2, 0) is 0 Å². The van der Waals surface area contributed by atoms with E-state index in [1.54, 1.807) is 12.3 Å². The summed E-state index contributed by atoms with van der Waals surface area (Å²) in [5, 5.41) is 2.82. The normalized spacial score (nSPS) is 18.3. The third kappa shape index (κ3) is 4.25. The van der Waals surface area contributed by atoms with Crippen LogP contribution in [0.25, 0.3) is 0 Å². The van der Waals surface area contributed by atoms with Crippen molar-refractivity contribution in [3.8, 4) is 0 Å². The fourth-order valence-corrected chi connectivity index (χ4v) is 0.667. The van der Waals surface area contributed by atoms with E-state index in [0.29, 0.717) is 5.84 Å². The van der Waals surface area contributed by atoms with E-state index in [2.05, 4.69) is 16.9 Å². The number of amidine groups is 1. The summed E-state index contributed by atoms with van der Waals surface area (Å²) in [6.07, 6.45) is 4.64. The van der Waals surface area contributed by atoms with Crippen LogP contribution in [0.2, 0.25) is 0 Å².